The normalized spacial score (nSPS) is 22.8. The Kier molecular flexibility index (Phi) is 4.01. The van der Waals surface area contributed by atoms with Crippen molar-refractivity contribution < 1.29 is 13.9 Å². The zero-order valence-electron chi connectivity index (χ0n) is 13.1. The summed E-state index contributed by atoms with van der Waals surface area (Å²) in [5.74, 6) is 0.897. The SMILES string of the molecule is O=C([C@@H]1CCCO1)N1CCN(Cc2nc3ccccc3o2)CC1. The molecule has 0 bridgehead atoms. The molecule has 0 N–H and O–H groups in total. The van der Waals surface area contributed by atoms with Gasteiger partial charge in [-0.05, 0) is 25.0 Å². The van der Waals surface area contributed by atoms with E-state index in [2.05, 4.69) is 9.88 Å². The van der Waals surface area contributed by atoms with Crippen molar-refractivity contribution in [1.82, 2.24) is 14.8 Å². The van der Waals surface area contributed by atoms with E-state index in [9.17, 15) is 4.79 Å². The van der Waals surface area contributed by atoms with Gasteiger partial charge in [0, 0.05) is 32.8 Å². The number of carbonyl (C=O) groups excluding carboxylic acids is 1. The lowest BCUT2D eigenvalue weighted by molar-refractivity contribution is -0.142. The fourth-order valence-electron chi connectivity index (χ4n) is 3.28. The number of fused-ring (bicyclic) bond motifs is 1. The topological polar surface area (TPSA) is 58.8 Å². The van der Waals surface area contributed by atoms with E-state index in [4.69, 9.17) is 9.15 Å². The summed E-state index contributed by atoms with van der Waals surface area (Å²) in [5.41, 5.74) is 1.73. The van der Waals surface area contributed by atoms with Crippen LogP contribution in [0.15, 0.2) is 28.7 Å². The zero-order valence-corrected chi connectivity index (χ0v) is 13.1. The van der Waals surface area contributed by atoms with Gasteiger partial charge < -0.3 is 14.1 Å². The largest absolute Gasteiger partial charge is 0.439 e. The molecule has 4 rings (SSSR count). The van der Waals surface area contributed by atoms with Gasteiger partial charge in [-0.2, -0.15) is 0 Å². The van der Waals surface area contributed by atoms with Crippen molar-refractivity contribution in [3.8, 4) is 0 Å². The summed E-state index contributed by atoms with van der Waals surface area (Å²) in [5, 5.41) is 0. The second-order valence-electron chi connectivity index (χ2n) is 6.18. The molecule has 2 saturated heterocycles. The number of hydrogen-bond donors (Lipinski definition) is 0. The van der Waals surface area contributed by atoms with Crippen LogP contribution in [0, 0.1) is 0 Å². The number of amides is 1. The number of benzene rings is 1. The molecule has 1 amide bonds. The quantitative estimate of drug-likeness (QED) is 0.862. The number of aromatic nitrogens is 1. The summed E-state index contributed by atoms with van der Waals surface area (Å²) >= 11 is 0. The first-order valence-corrected chi connectivity index (χ1v) is 8.27. The fraction of sp³-hybridized carbons (Fsp3) is 0.529. The van der Waals surface area contributed by atoms with Crippen LogP contribution >= 0.6 is 0 Å². The number of rotatable bonds is 3. The van der Waals surface area contributed by atoms with Gasteiger partial charge in [-0.15, -0.1) is 0 Å². The molecule has 2 aliphatic rings. The Hall–Kier alpha value is -1.92. The van der Waals surface area contributed by atoms with Crippen molar-refractivity contribution in [3.05, 3.63) is 30.2 Å². The molecule has 1 aromatic heterocycles. The summed E-state index contributed by atoms with van der Waals surface area (Å²) in [7, 11) is 0. The van der Waals surface area contributed by atoms with E-state index in [0.717, 1.165) is 56.0 Å². The lowest BCUT2D eigenvalue weighted by Gasteiger charge is -2.35. The lowest BCUT2D eigenvalue weighted by Crippen LogP contribution is -2.51. The van der Waals surface area contributed by atoms with E-state index in [-0.39, 0.29) is 12.0 Å². The number of carbonyl (C=O) groups is 1. The van der Waals surface area contributed by atoms with Crippen molar-refractivity contribution >= 4 is 17.0 Å². The summed E-state index contributed by atoms with van der Waals surface area (Å²) < 4.78 is 11.3. The van der Waals surface area contributed by atoms with E-state index in [1.54, 1.807) is 0 Å². The minimum Gasteiger partial charge on any atom is -0.439 e. The monoisotopic (exact) mass is 315 g/mol. The van der Waals surface area contributed by atoms with E-state index in [1.165, 1.54) is 0 Å². The predicted molar refractivity (Wildman–Crippen MR) is 84.8 cm³/mol. The second-order valence-corrected chi connectivity index (χ2v) is 6.18. The van der Waals surface area contributed by atoms with E-state index >= 15 is 0 Å². The Balaban J connectivity index is 1.33. The predicted octanol–water partition coefficient (Wildman–Crippen LogP) is 1.65. The van der Waals surface area contributed by atoms with Gasteiger partial charge in [0.25, 0.3) is 5.91 Å². The Labute approximate surface area is 135 Å². The smallest absolute Gasteiger partial charge is 0.251 e. The van der Waals surface area contributed by atoms with Crippen LogP contribution in [0.1, 0.15) is 18.7 Å². The molecule has 0 spiro atoms. The van der Waals surface area contributed by atoms with Crippen LogP contribution in [0.3, 0.4) is 0 Å². The summed E-state index contributed by atoms with van der Waals surface area (Å²) in [6.07, 6.45) is 1.65. The summed E-state index contributed by atoms with van der Waals surface area (Å²) in [4.78, 5) is 21.1. The zero-order chi connectivity index (χ0) is 15.6. The molecule has 0 radical (unpaired) electrons. The minimum atomic E-state index is -0.210. The number of nitrogens with zero attached hydrogens (tertiary/aromatic N) is 3. The molecule has 3 heterocycles. The van der Waals surface area contributed by atoms with Gasteiger partial charge in [0.15, 0.2) is 5.58 Å². The van der Waals surface area contributed by atoms with Crippen molar-refractivity contribution in [2.45, 2.75) is 25.5 Å². The van der Waals surface area contributed by atoms with Gasteiger partial charge in [-0.3, -0.25) is 9.69 Å². The van der Waals surface area contributed by atoms with Crippen molar-refractivity contribution in [2.24, 2.45) is 0 Å². The number of oxazole rings is 1. The highest BCUT2D eigenvalue weighted by Gasteiger charge is 2.30. The maximum atomic E-state index is 12.3. The van der Waals surface area contributed by atoms with Crippen LogP contribution in [0.2, 0.25) is 0 Å². The molecule has 2 aromatic rings. The molecule has 2 fully saturated rings. The number of hydrogen-bond acceptors (Lipinski definition) is 5. The Morgan fingerprint density at radius 2 is 2.04 bits per heavy atom. The molecule has 122 valence electrons. The van der Waals surface area contributed by atoms with E-state index in [0.29, 0.717) is 13.2 Å². The number of ether oxygens (including phenoxy) is 1. The molecule has 1 atom stereocenters. The van der Waals surface area contributed by atoms with Crippen LogP contribution in [0.4, 0.5) is 0 Å². The van der Waals surface area contributed by atoms with E-state index < -0.39 is 0 Å². The second kappa shape index (κ2) is 6.29. The molecule has 0 aliphatic carbocycles. The molecule has 6 heteroatoms. The summed E-state index contributed by atoms with van der Waals surface area (Å²) in [6.45, 7) is 4.59. The molecule has 6 nitrogen and oxygen atoms in total. The maximum Gasteiger partial charge on any atom is 0.251 e. The van der Waals surface area contributed by atoms with Gasteiger partial charge in [-0.25, -0.2) is 4.98 Å². The van der Waals surface area contributed by atoms with Gasteiger partial charge in [0.05, 0.1) is 6.54 Å². The Morgan fingerprint density at radius 1 is 1.22 bits per heavy atom. The summed E-state index contributed by atoms with van der Waals surface area (Å²) in [6, 6.07) is 7.81. The third-order valence-electron chi connectivity index (χ3n) is 4.59. The average Bonchev–Trinajstić information content (AvgIpc) is 3.24. The van der Waals surface area contributed by atoms with Crippen LogP contribution in [0.25, 0.3) is 11.1 Å². The first kappa shape index (κ1) is 14.7. The highest BCUT2D eigenvalue weighted by molar-refractivity contribution is 5.81. The Morgan fingerprint density at radius 3 is 2.78 bits per heavy atom. The highest BCUT2D eigenvalue weighted by Crippen LogP contribution is 2.18. The minimum absolute atomic E-state index is 0.156. The van der Waals surface area contributed by atoms with Gasteiger partial charge in [0.1, 0.15) is 11.6 Å². The van der Waals surface area contributed by atoms with Crippen molar-refractivity contribution in [1.29, 1.82) is 0 Å². The van der Waals surface area contributed by atoms with Crippen molar-refractivity contribution in [2.75, 3.05) is 32.8 Å². The number of para-hydroxylation sites is 2. The van der Waals surface area contributed by atoms with Gasteiger partial charge >= 0.3 is 0 Å². The number of piperazine rings is 1. The fourth-order valence-corrected chi connectivity index (χ4v) is 3.28. The first-order valence-electron chi connectivity index (χ1n) is 8.27. The molecule has 2 aliphatic heterocycles. The van der Waals surface area contributed by atoms with Gasteiger partial charge in [0.2, 0.25) is 5.89 Å². The highest BCUT2D eigenvalue weighted by atomic mass is 16.5. The molecule has 23 heavy (non-hydrogen) atoms. The molecule has 0 saturated carbocycles. The Bertz CT molecular complexity index is 652. The lowest BCUT2D eigenvalue weighted by atomic mass is 10.2. The van der Waals surface area contributed by atoms with Crippen LogP contribution in [-0.4, -0.2) is 59.6 Å². The molecule has 0 unspecified atom stereocenters. The molecule has 1 aromatic carbocycles. The van der Waals surface area contributed by atoms with E-state index in [1.807, 2.05) is 29.2 Å². The van der Waals surface area contributed by atoms with Crippen LogP contribution < -0.4 is 0 Å². The molecular weight excluding hydrogens is 294 g/mol. The standard InChI is InChI=1S/C17H21N3O3/c21-17(15-6-3-11-22-15)20-9-7-19(8-10-20)12-16-18-13-4-1-2-5-14(13)23-16/h1-2,4-5,15H,3,6-12H2/t15-/m0/s1. The third-order valence-corrected chi connectivity index (χ3v) is 4.59. The average molecular weight is 315 g/mol. The van der Waals surface area contributed by atoms with Gasteiger partial charge in [-0.1, -0.05) is 12.1 Å². The maximum absolute atomic E-state index is 12.3. The van der Waals surface area contributed by atoms with Crippen LogP contribution in [-0.2, 0) is 16.1 Å². The third kappa shape index (κ3) is 3.09. The van der Waals surface area contributed by atoms with Crippen molar-refractivity contribution in [3.63, 3.8) is 0 Å². The molecular formula is C17H21N3O3. The first-order chi connectivity index (χ1) is 11.3. The van der Waals surface area contributed by atoms with Crippen LogP contribution in [0.5, 0.6) is 0 Å².